The molecule has 0 spiro atoms. The summed E-state index contributed by atoms with van der Waals surface area (Å²) in [5.41, 5.74) is 1.97. The summed E-state index contributed by atoms with van der Waals surface area (Å²) in [5.74, 6) is 2.20. The number of methoxy groups -OCH3 is 3. The smallest absolute Gasteiger partial charge is 0.319 e. The zero-order chi connectivity index (χ0) is 25.7. The fourth-order valence-corrected chi connectivity index (χ4v) is 3.68. The maximum Gasteiger partial charge on any atom is 0.319 e. The van der Waals surface area contributed by atoms with Crippen LogP contribution in [0, 0.1) is 5.82 Å². The third-order valence-corrected chi connectivity index (χ3v) is 5.57. The van der Waals surface area contributed by atoms with Gasteiger partial charge in [-0.15, -0.1) is 0 Å². The minimum atomic E-state index is -0.413. The molecule has 0 saturated carbocycles. The van der Waals surface area contributed by atoms with Crippen molar-refractivity contribution in [1.29, 1.82) is 0 Å². The van der Waals surface area contributed by atoms with Gasteiger partial charge in [-0.25, -0.2) is 9.18 Å². The summed E-state index contributed by atoms with van der Waals surface area (Å²) in [6.07, 6.45) is 1.64. The van der Waals surface area contributed by atoms with E-state index in [0.29, 0.717) is 40.0 Å². The van der Waals surface area contributed by atoms with E-state index in [1.807, 2.05) is 6.92 Å². The van der Waals surface area contributed by atoms with Gasteiger partial charge in [0.05, 0.1) is 32.9 Å². The predicted molar refractivity (Wildman–Crippen MR) is 135 cm³/mol. The summed E-state index contributed by atoms with van der Waals surface area (Å²) in [6, 6.07) is 15.6. The second-order valence-electron chi connectivity index (χ2n) is 7.87. The van der Waals surface area contributed by atoms with E-state index in [2.05, 4.69) is 15.6 Å². The second-order valence-corrected chi connectivity index (χ2v) is 7.87. The van der Waals surface area contributed by atoms with E-state index in [0.717, 1.165) is 10.9 Å². The summed E-state index contributed by atoms with van der Waals surface area (Å²) < 4.78 is 35.6. The zero-order valence-corrected chi connectivity index (χ0v) is 20.3. The fourth-order valence-electron chi connectivity index (χ4n) is 3.68. The van der Waals surface area contributed by atoms with Crippen molar-refractivity contribution in [3.05, 3.63) is 78.2 Å². The molecule has 9 heteroatoms. The van der Waals surface area contributed by atoms with Crippen molar-refractivity contribution in [3.63, 3.8) is 0 Å². The van der Waals surface area contributed by atoms with Crippen LogP contribution in [0.3, 0.4) is 0 Å². The molecule has 1 aromatic heterocycles. The number of halogens is 1. The molecule has 1 atom stereocenters. The summed E-state index contributed by atoms with van der Waals surface area (Å²) in [7, 11) is 4.64. The third-order valence-electron chi connectivity index (χ3n) is 5.57. The first-order valence-electron chi connectivity index (χ1n) is 11.1. The number of fused-ring (bicyclic) bond motifs is 1. The highest BCUT2D eigenvalue weighted by Crippen LogP contribution is 2.39. The normalized spacial score (nSPS) is 11.5. The number of urea groups is 1. The maximum absolute atomic E-state index is 13.1. The summed E-state index contributed by atoms with van der Waals surface area (Å²) in [5, 5.41) is 6.33. The van der Waals surface area contributed by atoms with Crippen LogP contribution in [-0.2, 0) is 0 Å². The molecular weight excluding hydrogens is 465 g/mol. The van der Waals surface area contributed by atoms with Gasteiger partial charge < -0.3 is 29.6 Å². The number of hydrogen-bond acceptors (Lipinski definition) is 6. The van der Waals surface area contributed by atoms with E-state index in [4.69, 9.17) is 18.9 Å². The number of aromatic nitrogens is 1. The number of pyridine rings is 1. The molecule has 0 fully saturated rings. The molecule has 186 valence electrons. The average Bonchev–Trinajstić information content (AvgIpc) is 2.89. The van der Waals surface area contributed by atoms with Gasteiger partial charge in [-0.3, -0.25) is 4.98 Å². The number of carbonyl (C=O) groups excluding carboxylic acids is 1. The molecule has 0 aliphatic rings. The van der Waals surface area contributed by atoms with Gasteiger partial charge in [0.25, 0.3) is 0 Å². The van der Waals surface area contributed by atoms with Crippen LogP contribution in [0.2, 0.25) is 0 Å². The van der Waals surface area contributed by atoms with Gasteiger partial charge in [0.2, 0.25) is 0 Å². The number of nitrogens with zero attached hydrogens (tertiary/aromatic N) is 1. The lowest BCUT2D eigenvalue weighted by atomic mass is 10.1. The molecule has 36 heavy (non-hydrogen) atoms. The van der Waals surface area contributed by atoms with E-state index >= 15 is 0 Å². The van der Waals surface area contributed by atoms with Crippen molar-refractivity contribution < 1.29 is 28.1 Å². The van der Waals surface area contributed by atoms with Crippen molar-refractivity contribution in [2.45, 2.75) is 13.0 Å². The number of benzene rings is 3. The van der Waals surface area contributed by atoms with Crippen molar-refractivity contribution in [2.75, 3.05) is 26.6 Å². The van der Waals surface area contributed by atoms with Crippen LogP contribution in [0.4, 0.5) is 14.9 Å². The standard InChI is InChI=1S/C27H26FN3O5/c1-16(17-5-7-18(28)8-6-17)30-27(32)31-19-9-10-23(24(13-19)33-2)36-22-11-12-29-21-15-26(35-4)25(34-3)14-20(21)22/h5-16H,1-4H3,(H2,30,31,32)/t16-/m0/s1. The Kier molecular flexibility index (Phi) is 7.39. The van der Waals surface area contributed by atoms with Crippen molar-refractivity contribution >= 4 is 22.6 Å². The lowest BCUT2D eigenvalue weighted by molar-refractivity contribution is 0.249. The van der Waals surface area contributed by atoms with Crippen molar-refractivity contribution in [1.82, 2.24) is 10.3 Å². The molecule has 2 amide bonds. The monoisotopic (exact) mass is 491 g/mol. The highest BCUT2D eigenvalue weighted by atomic mass is 19.1. The minimum absolute atomic E-state index is 0.314. The van der Waals surface area contributed by atoms with Crippen LogP contribution in [0.1, 0.15) is 18.5 Å². The zero-order valence-electron chi connectivity index (χ0n) is 20.3. The maximum atomic E-state index is 13.1. The molecule has 2 N–H and O–H groups in total. The highest BCUT2D eigenvalue weighted by Gasteiger charge is 2.15. The van der Waals surface area contributed by atoms with Gasteiger partial charge in [0.1, 0.15) is 11.6 Å². The Bertz CT molecular complexity index is 1380. The topological polar surface area (TPSA) is 90.9 Å². The number of amides is 2. The van der Waals surface area contributed by atoms with E-state index in [-0.39, 0.29) is 11.9 Å². The summed E-state index contributed by atoms with van der Waals surface area (Å²) >= 11 is 0. The second kappa shape index (κ2) is 10.8. The van der Waals surface area contributed by atoms with E-state index in [9.17, 15) is 9.18 Å². The Labute approximate surface area is 208 Å². The highest BCUT2D eigenvalue weighted by molar-refractivity contribution is 5.90. The van der Waals surface area contributed by atoms with Gasteiger partial charge in [0.15, 0.2) is 23.0 Å². The molecule has 4 aromatic rings. The average molecular weight is 492 g/mol. The molecule has 0 aliphatic carbocycles. The molecule has 0 saturated heterocycles. The molecular formula is C27H26FN3O5. The molecule has 4 rings (SSSR count). The first-order chi connectivity index (χ1) is 17.4. The predicted octanol–water partition coefficient (Wildman–Crippen LogP) is 6.07. The van der Waals surface area contributed by atoms with E-state index in [1.165, 1.54) is 19.2 Å². The summed E-state index contributed by atoms with van der Waals surface area (Å²) in [6.45, 7) is 1.81. The Morgan fingerprint density at radius 1 is 0.833 bits per heavy atom. The lowest BCUT2D eigenvalue weighted by Crippen LogP contribution is -2.31. The Hall–Kier alpha value is -4.53. The van der Waals surface area contributed by atoms with Crippen LogP contribution in [0.5, 0.6) is 28.7 Å². The number of rotatable bonds is 8. The first kappa shape index (κ1) is 24.6. The van der Waals surface area contributed by atoms with E-state index in [1.54, 1.807) is 68.9 Å². The Balaban J connectivity index is 1.51. The van der Waals surface area contributed by atoms with Crippen LogP contribution in [0.25, 0.3) is 10.9 Å². The number of hydrogen-bond donors (Lipinski definition) is 2. The van der Waals surface area contributed by atoms with Crippen LogP contribution < -0.4 is 29.6 Å². The summed E-state index contributed by atoms with van der Waals surface area (Å²) in [4.78, 5) is 16.9. The van der Waals surface area contributed by atoms with Crippen LogP contribution in [0.15, 0.2) is 66.9 Å². The molecule has 0 unspecified atom stereocenters. The van der Waals surface area contributed by atoms with Gasteiger partial charge in [-0.1, -0.05) is 12.1 Å². The van der Waals surface area contributed by atoms with Crippen LogP contribution >= 0.6 is 0 Å². The quantitative estimate of drug-likeness (QED) is 0.311. The van der Waals surface area contributed by atoms with Crippen LogP contribution in [-0.4, -0.2) is 32.3 Å². The molecule has 0 bridgehead atoms. The minimum Gasteiger partial charge on any atom is -0.493 e. The largest absolute Gasteiger partial charge is 0.493 e. The molecule has 1 heterocycles. The molecule has 0 radical (unpaired) electrons. The molecule has 3 aromatic carbocycles. The molecule has 8 nitrogen and oxygen atoms in total. The number of ether oxygens (including phenoxy) is 4. The van der Waals surface area contributed by atoms with E-state index < -0.39 is 6.03 Å². The van der Waals surface area contributed by atoms with Crippen molar-refractivity contribution in [2.24, 2.45) is 0 Å². The Morgan fingerprint density at radius 2 is 1.50 bits per heavy atom. The lowest BCUT2D eigenvalue weighted by Gasteiger charge is -2.17. The van der Waals surface area contributed by atoms with Gasteiger partial charge >= 0.3 is 6.03 Å². The van der Waals surface area contributed by atoms with Gasteiger partial charge in [-0.2, -0.15) is 0 Å². The molecule has 0 aliphatic heterocycles. The van der Waals surface area contributed by atoms with Crippen molar-refractivity contribution in [3.8, 4) is 28.7 Å². The fraction of sp³-hybridized carbons (Fsp3) is 0.185. The first-order valence-corrected chi connectivity index (χ1v) is 11.1. The SMILES string of the molecule is COc1cc2nccc(Oc3ccc(NC(=O)N[C@@H](C)c4ccc(F)cc4)cc3OC)c2cc1OC. The van der Waals surface area contributed by atoms with Gasteiger partial charge in [0, 0.05) is 29.4 Å². The third kappa shape index (κ3) is 5.41. The number of nitrogens with one attached hydrogen (secondary N) is 2. The number of anilines is 1. The number of carbonyl (C=O) groups is 1. The van der Waals surface area contributed by atoms with Gasteiger partial charge in [-0.05, 0) is 48.9 Å². The Morgan fingerprint density at radius 3 is 2.19 bits per heavy atom.